The molecule has 0 atom stereocenters. The van der Waals surface area contributed by atoms with Crippen LogP contribution in [-0.2, 0) is 11.4 Å². The molecule has 3 aromatic rings. The number of halogens is 1. The predicted octanol–water partition coefficient (Wildman–Crippen LogP) is 4.65. The minimum atomic E-state index is -1.19. The molecule has 2 N–H and O–H groups in total. The van der Waals surface area contributed by atoms with E-state index in [9.17, 15) is 24.3 Å². The van der Waals surface area contributed by atoms with Crippen LogP contribution in [0.25, 0.3) is 6.08 Å². The molecule has 0 aliphatic carbocycles. The number of amides is 1. The van der Waals surface area contributed by atoms with Gasteiger partial charge >= 0.3 is 5.97 Å². The number of para-hydroxylation sites is 1. The number of nitriles is 1. The number of hydrogen-bond donors (Lipinski definition) is 2. The van der Waals surface area contributed by atoms with Crippen molar-refractivity contribution in [2.75, 3.05) is 5.32 Å². The molecule has 0 radical (unpaired) electrons. The number of aromatic carboxylic acids is 1. The summed E-state index contributed by atoms with van der Waals surface area (Å²) in [5.74, 6) is -1.74. The topological polar surface area (TPSA) is 99.4 Å². The molecule has 0 aliphatic rings. The summed E-state index contributed by atoms with van der Waals surface area (Å²) in [6, 6.07) is 20.4. The van der Waals surface area contributed by atoms with Crippen molar-refractivity contribution in [2.24, 2.45) is 0 Å². The average molecular weight is 416 g/mol. The minimum Gasteiger partial charge on any atom is -0.489 e. The van der Waals surface area contributed by atoms with Crippen molar-refractivity contribution in [3.63, 3.8) is 0 Å². The third-order valence-electron chi connectivity index (χ3n) is 4.26. The zero-order valence-electron chi connectivity index (χ0n) is 16.2. The van der Waals surface area contributed by atoms with Gasteiger partial charge < -0.3 is 15.2 Å². The molecular weight excluding hydrogens is 399 g/mol. The predicted molar refractivity (Wildman–Crippen MR) is 113 cm³/mol. The Hall–Kier alpha value is -4.44. The second kappa shape index (κ2) is 9.85. The molecule has 3 aromatic carbocycles. The lowest BCUT2D eigenvalue weighted by Crippen LogP contribution is -2.16. The molecule has 154 valence electrons. The second-order valence-electron chi connectivity index (χ2n) is 6.46. The summed E-state index contributed by atoms with van der Waals surface area (Å²) in [6.45, 7) is 0.227. The Kier molecular flexibility index (Phi) is 6.76. The van der Waals surface area contributed by atoms with Crippen LogP contribution in [0.1, 0.15) is 21.5 Å². The lowest BCUT2D eigenvalue weighted by atomic mass is 10.1. The molecule has 0 aliphatic heterocycles. The van der Waals surface area contributed by atoms with Gasteiger partial charge in [-0.15, -0.1) is 0 Å². The van der Waals surface area contributed by atoms with Crippen LogP contribution in [0, 0.1) is 17.1 Å². The first-order chi connectivity index (χ1) is 15.0. The van der Waals surface area contributed by atoms with Gasteiger partial charge in [0.1, 0.15) is 29.8 Å². The van der Waals surface area contributed by atoms with Crippen LogP contribution < -0.4 is 10.1 Å². The number of carboxylic acids is 1. The van der Waals surface area contributed by atoms with Gasteiger partial charge in [-0.3, -0.25) is 4.79 Å². The van der Waals surface area contributed by atoms with E-state index >= 15 is 0 Å². The number of nitrogens with zero attached hydrogens (tertiary/aromatic N) is 1. The molecule has 0 saturated heterocycles. The summed E-state index contributed by atoms with van der Waals surface area (Å²) in [5, 5.41) is 21.1. The molecule has 6 nitrogen and oxygen atoms in total. The Morgan fingerprint density at radius 2 is 1.81 bits per heavy atom. The highest BCUT2D eigenvalue weighted by Crippen LogP contribution is 2.19. The van der Waals surface area contributed by atoms with Crippen molar-refractivity contribution in [3.05, 3.63) is 101 Å². The van der Waals surface area contributed by atoms with Gasteiger partial charge in [-0.05, 0) is 53.6 Å². The lowest BCUT2D eigenvalue weighted by Gasteiger charge is -2.08. The standard InChI is InChI=1S/C24H17FN2O4/c25-19-10-8-16(9-11-19)15-31-20-5-3-4-17(13-20)12-18(14-26)23(28)27-22-7-2-1-6-21(22)24(29)30/h1-13H,15H2,(H,27,28)(H,29,30). The summed E-state index contributed by atoms with van der Waals surface area (Å²) in [5.41, 5.74) is 1.16. The van der Waals surface area contributed by atoms with E-state index in [1.54, 1.807) is 42.5 Å². The fraction of sp³-hybridized carbons (Fsp3) is 0.0417. The van der Waals surface area contributed by atoms with Gasteiger partial charge in [0, 0.05) is 0 Å². The molecule has 0 saturated carbocycles. The molecular formula is C24H17FN2O4. The van der Waals surface area contributed by atoms with Crippen molar-refractivity contribution in [2.45, 2.75) is 6.61 Å². The maximum absolute atomic E-state index is 13.0. The zero-order valence-corrected chi connectivity index (χ0v) is 16.2. The van der Waals surface area contributed by atoms with E-state index in [1.807, 2.05) is 6.07 Å². The van der Waals surface area contributed by atoms with E-state index in [1.165, 1.54) is 36.4 Å². The van der Waals surface area contributed by atoms with Crippen molar-refractivity contribution in [1.82, 2.24) is 0 Å². The van der Waals surface area contributed by atoms with Crippen LogP contribution in [-0.4, -0.2) is 17.0 Å². The summed E-state index contributed by atoms with van der Waals surface area (Å²) >= 11 is 0. The van der Waals surface area contributed by atoms with Crippen LogP contribution in [0.4, 0.5) is 10.1 Å². The third-order valence-corrected chi connectivity index (χ3v) is 4.26. The van der Waals surface area contributed by atoms with E-state index in [0.29, 0.717) is 11.3 Å². The van der Waals surface area contributed by atoms with Gasteiger partial charge in [-0.1, -0.05) is 36.4 Å². The molecule has 0 bridgehead atoms. The Bertz CT molecular complexity index is 1180. The van der Waals surface area contributed by atoms with Crippen molar-refractivity contribution < 1.29 is 23.8 Å². The molecule has 0 unspecified atom stereocenters. The zero-order chi connectivity index (χ0) is 22.2. The van der Waals surface area contributed by atoms with Crippen LogP contribution in [0.3, 0.4) is 0 Å². The Morgan fingerprint density at radius 1 is 1.06 bits per heavy atom. The van der Waals surface area contributed by atoms with Gasteiger partial charge in [0.25, 0.3) is 5.91 Å². The molecule has 7 heteroatoms. The highest BCUT2D eigenvalue weighted by atomic mass is 19.1. The first kappa shape index (κ1) is 21.3. The van der Waals surface area contributed by atoms with Gasteiger partial charge in [0.05, 0.1) is 11.3 Å². The summed E-state index contributed by atoms with van der Waals surface area (Å²) in [4.78, 5) is 23.8. The Morgan fingerprint density at radius 3 is 2.52 bits per heavy atom. The van der Waals surface area contributed by atoms with Crippen molar-refractivity contribution in [3.8, 4) is 11.8 Å². The van der Waals surface area contributed by atoms with Crippen LogP contribution in [0.15, 0.2) is 78.4 Å². The fourth-order valence-electron chi connectivity index (χ4n) is 2.72. The maximum atomic E-state index is 13.0. The van der Waals surface area contributed by atoms with E-state index in [4.69, 9.17) is 4.74 Å². The Labute approximate surface area is 177 Å². The van der Waals surface area contributed by atoms with Crippen LogP contribution in [0.5, 0.6) is 5.75 Å². The van der Waals surface area contributed by atoms with Crippen LogP contribution >= 0.6 is 0 Å². The summed E-state index contributed by atoms with van der Waals surface area (Å²) < 4.78 is 18.7. The van der Waals surface area contributed by atoms with Gasteiger partial charge in [0.2, 0.25) is 0 Å². The van der Waals surface area contributed by atoms with E-state index in [2.05, 4.69) is 5.32 Å². The highest BCUT2D eigenvalue weighted by molar-refractivity contribution is 6.11. The van der Waals surface area contributed by atoms with E-state index in [-0.39, 0.29) is 29.2 Å². The molecule has 3 rings (SSSR count). The molecule has 31 heavy (non-hydrogen) atoms. The number of carbonyl (C=O) groups is 2. The molecule has 0 heterocycles. The first-order valence-corrected chi connectivity index (χ1v) is 9.19. The lowest BCUT2D eigenvalue weighted by molar-refractivity contribution is -0.112. The quantitative estimate of drug-likeness (QED) is 0.431. The van der Waals surface area contributed by atoms with Crippen molar-refractivity contribution in [1.29, 1.82) is 5.26 Å². The SMILES string of the molecule is N#CC(=Cc1cccc(OCc2ccc(F)cc2)c1)C(=O)Nc1ccccc1C(=O)O. The number of hydrogen-bond acceptors (Lipinski definition) is 4. The number of ether oxygens (including phenoxy) is 1. The monoisotopic (exact) mass is 416 g/mol. The number of carboxylic acid groups (broad SMARTS) is 1. The minimum absolute atomic E-state index is 0.0793. The normalized spacial score (nSPS) is 10.8. The Balaban J connectivity index is 1.74. The number of benzene rings is 3. The number of anilines is 1. The largest absolute Gasteiger partial charge is 0.489 e. The van der Waals surface area contributed by atoms with Gasteiger partial charge in [-0.25, -0.2) is 9.18 Å². The molecule has 0 fully saturated rings. The number of carbonyl (C=O) groups excluding carboxylic acids is 1. The van der Waals surface area contributed by atoms with E-state index < -0.39 is 11.9 Å². The fourth-order valence-corrected chi connectivity index (χ4v) is 2.72. The smallest absolute Gasteiger partial charge is 0.337 e. The van der Waals surface area contributed by atoms with Gasteiger partial charge in [-0.2, -0.15) is 5.26 Å². The van der Waals surface area contributed by atoms with Crippen LogP contribution in [0.2, 0.25) is 0 Å². The van der Waals surface area contributed by atoms with Crippen molar-refractivity contribution >= 4 is 23.6 Å². The van der Waals surface area contributed by atoms with E-state index in [0.717, 1.165) is 5.56 Å². The first-order valence-electron chi connectivity index (χ1n) is 9.19. The van der Waals surface area contributed by atoms with Gasteiger partial charge in [0.15, 0.2) is 0 Å². The summed E-state index contributed by atoms with van der Waals surface area (Å²) in [6.07, 6.45) is 1.38. The average Bonchev–Trinajstić information content (AvgIpc) is 2.77. The highest BCUT2D eigenvalue weighted by Gasteiger charge is 2.15. The number of nitrogens with one attached hydrogen (secondary N) is 1. The second-order valence-corrected chi connectivity index (χ2v) is 6.46. The summed E-state index contributed by atoms with van der Waals surface area (Å²) in [7, 11) is 0. The third kappa shape index (κ3) is 5.78. The molecule has 0 spiro atoms. The molecule has 1 amide bonds. The maximum Gasteiger partial charge on any atom is 0.337 e. The number of rotatable bonds is 7. The molecule has 0 aromatic heterocycles.